The van der Waals surface area contributed by atoms with Gasteiger partial charge in [0.15, 0.2) is 0 Å². The summed E-state index contributed by atoms with van der Waals surface area (Å²) in [4.78, 5) is 2.46. The molecule has 0 saturated heterocycles. The highest BCUT2D eigenvalue weighted by molar-refractivity contribution is 9.10. The Kier molecular flexibility index (Phi) is 14.8. The van der Waals surface area contributed by atoms with E-state index in [1.165, 1.54) is 121 Å². The van der Waals surface area contributed by atoms with Crippen molar-refractivity contribution < 1.29 is 0 Å². The monoisotopic (exact) mass is 1330 g/mol. The Balaban J connectivity index is 0.000000121. The van der Waals surface area contributed by atoms with Gasteiger partial charge in [-0.1, -0.05) is 328 Å². The van der Waals surface area contributed by atoms with Gasteiger partial charge in [0, 0.05) is 53.9 Å². The van der Waals surface area contributed by atoms with E-state index in [2.05, 4.69) is 405 Å². The zero-order chi connectivity index (χ0) is 65.9. The largest absolute Gasteiger partial charge is 0.355 e. The molecule has 2 heterocycles. The second kappa shape index (κ2) is 24.7. The van der Waals surface area contributed by atoms with E-state index in [0.717, 1.165) is 32.9 Å². The fourth-order valence-electron chi connectivity index (χ4n) is 16.4. The highest BCUT2D eigenvalue weighted by atomic mass is 79.9. The van der Waals surface area contributed by atoms with E-state index in [1.807, 2.05) is 18.2 Å². The van der Waals surface area contributed by atoms with Crippen molar-refractivity contribution in [2.24, 2.45) is 0 Å². The van der Waals surface area contributed by atoms with Crippen LogP contribution in [0, 0.1) is 0 Å². The average Bonchev–Trinajstić information content (AvgIpc) is 1.53. The number of nitrogens with one attached hydrogen (secondary N) is 1. The number of para-hydroxylation sites is 6. The summed E-state index contributed by atoms with van der Waals surface area (Å²) >= 11 is 3.93. The molecule has 4 nitrogen and oxygen atoms in total. The van der Waals surface area contributed by atoms with Crippen LogP contribution in [0.25, 0.3) is 87.4 Å². The van der Waals surface area contributed by atoms with Gasteiger partial charge in [-0.2, -0.15) is 0 Å². The third-order valence-electron chi connectivity index (χ3n) is 20.3. The van der Waals surface area contributed by atoms with E-state index in [-0.39, 0.29) is 0 Å². The maximum atomic E-state index is 3.93. The summed E-state index contributed by atoms with van der Waals surface area (Å²) in [5.41, 5.74) is 22.2. The highest BCUT2D eigenvalue weighted by Gasteiger charge is 2.49. The Morgan fingerprint density at radius 3 is 1.15 bits per heavy atom. The van der Waals surface area contributed by atoms with Crippen molar-refractivity contribution >= 4 is 110 Å². The molecule has 0 radical (unpaired) electrons. The number of aromatic nitrogens is 2. The van der Waals surface area contributed by atoms with Crippen molar-refractivity contribution in [2.45, 2.75) is 11.1 Å². The third-order valence-corrected chi connectivity index (χ3v) is 21.0. The molecule has 2 aliphatic carbocycles. The quantitative estimate of drug-likeness (QED) is 0.156. The molecule has 1 N–H and O–H groups in total. The second-order valence-corrected chi connectivity index (χ2v) is 26.4. The maximum Gasteiger partial charge on any atom is 0.122 e. The minimum absolute atomic E-state index is 0.486. The summed E-state index contributed by atoms with van der Waals surface area (Å²) in [6, 6.07) is 140. The normalized spacial score (nSPS) is 12.9. The molecule has 16 aromatic carbocycles. The topological polar surface area (TPSA) is 25.1 Å². The van der Waals surface area contributed by atoms with Gasteiger partial charge in [0.1, 0.15) is 11.1 Å². The van der Waals surface area contributed by atoms with Crippen LogP contribution in [-0.4, -0.2) is 9.13 Å². The fourth-order valence-corrected chi connectivity index (χ4v) is 16.9. The van der Waals surface area contributed by atoms with Gasteiger partial charge in [0.05, 0.1) is 33.4 Å². The van der Waals surface area contributed by atoms with Crippen molar-refractivity contribution in [1.29, 1.82) is 0 Å². The molecule has 0 bridgehead atoms. The second-order valence-electron chi connectivity index (χ2n) is 25.5. The minimum atomic E-state index is -0.632. The van der Waals surface area contributed by atoms with Crippen molar-refractivity contribution in [2.75, 3.05) is 10.2 Å². The standard InChI is InChI=1S/C47H32N2.C31H20BrN.C16H13N/c1-3-19-34(20-4-1)47(41-28-12-9-24-37(41)38-25-10-13-29-42(38)47)49-44-30-14-11-26-39(44)40-27-16-32-45(46(40)49)48(35-21-5-2-6-22-35)43-31-15-18-33-17-7-8-23-36(33)43;32-28-19-10-16-25-24-15-6-9-20-29(24)33(30(25)28)31(21-11-2-1-3-12-21)26-17-7-4-13-22(26)23-14-5-8-18-27(23)31;1-2-9-14(10-3-1)17-16-12-6-8-13-7-4-5-11-15(13)16/h1-32H;1-20H;1-12,17H. The first-order chi connectivity index (χ1) is 49.1. The lowest BCUT2D eigenvalue weighted by molar-refractivity contribution is 0.563. The van der Waals surface area contributed by atoms with Crippen LogP contribution < -0.4 is 10.2 Å². The smallest absolute Gasteiger partial charge is 0.122 e. The molecular weight excluding hydrogens is 1260 g/mol. The van der Waals surface area contributed by atoms with Crippen LogP contribution in [0.15, 0.2) is 393 Å². The van der Waals surface area contributed by atoms with Crippen LogP contribution in [-0.2, 0) is 11.1 Å². The molecule has 5 heteroatoms. The predicted molar refractivity (Wildman–Crippen MR) is 420 cm³/mol. The molecule has 0 aliphatic heterocycles. The SMILES string of the molecule is Brc1cccc2c3ccccc3n(C3(c4ccccc4)c4ccccc4-c4ccccc43)c12.c1ccc(N(c2cccc3ccccc23)c2cccc3c4ccccc4n(C4(c5ccccc5)c5ccccc5-c5ccccc54)c23)cc1.c1ccc(Nc2cccc3ccccc23)cc1. The molecule has 0 amide bonds. The Morgan fingerprint density at radius 1 is 0.263 bits per heavy atom. The molecular formula is C94H65BrN4. The van der Waals surface area contributed by atoms with Crippen LogP contribution in [0.1, 0.15) is 33.4 Å². The van der Waals surface area contributed by atoms with Gasteiger partial charge in [-0.15, -0.1) is 0 Å². The Morgan fingerprint density at radius 2 is 0.616 bits per heavy atom. The van der Waals surface area contributed by atoms with Gasteiger partial charge in [-0.05, 0) is 143 Å². The highest BCUT2D eigenvalue weighted by Crippen LogP contribution is 2.59. The first-order valence-corrected chi connectivity index (χ1v) is 34.7. The van der Waals surface area contributed by atoms with E-state index >= 15 is 0 Å². The molecule has 18 aromatic rings. The van der Waals surface area contributed by atoms with E-state index < -0.39 is 11.1 Å². The number of hydrogen-bond acceptors (Lipinski definition) is 2. The van der Waals surface area contributed by atoms with Crippen LogP contribution in [0.3, 0.4) is 0 Å². The maximum absolute atomic E-state index is 3.93. The number of halogens is 1. The number of anilines is 5. The van der Waals surface area contributed by atoms with E-state index in [9.17, 15) is 0 Å². The summed E-state index contributed by atoms with van der Waals surface area (Å²) in [6.07, 6.45) is 0. The average molecular weight is 1330 g/mol. The molecule has 0 spiro atoms. The number of benzene rings is 16. The van der Waals surface area contributed by atoms with E-state index in [1.54, 1.807) is 0 Å². The summed E-state index contributed by atoms with van der Waals surface area (Å²) in [6.45, 7) is 0. The minimum Gasteiger partial charge on any atom is -0.355 e. The summed E-state index contributed by atoms with van der Waals surface area (Å²) < 4.78 is 6.34. The van der Waals surface area contributed by atoms with Crippen molar-refractivity contribution in [3.63, 3.8) is 0 Å². The fraction of sp³-hybridized carbons (Fsp3) is 0.0213. The van der Waals surface area contributed by atoms with Gasteiger partial charge in [0.2, 0.25) is 0 Å². The number of hydrogen-bond donors (Lipinski definition) is 1. The zero-order valence-corrected chi connectivity index (χ0v) is 55.8. The molecule has 0 fully saturated rings. The van der Waals surface area contributed by atoms with E-state index in [4.69, 9.17) is 0 Å². The number of nitrogens with zero attached hydrogens (tertiary/aromatic N) is 3. The molecule has 2 aromatic heterocycles. The molecule has 0 atom stereocenters. The molecule has 2 aliphatic rings. The number of rotatable bonds is 9. The Hall–Kier alpha value is -12.3. The van der Waals surface area contributed by atoms with Gasteiger partial charge < -0.3 is 19.4 Å². The van der Waals surface area contributed by atoms with Crippen molar-refractivity contribution in [1.82, 2.24) is 9.13 Å². The third kappa shape index (κ3) is 9.48. The van der Waals surface area contributed by atoms with Gasteiger partial charge in [-0.3, -0.25) is 0 Å². The van der Waals surface area contributed by atoms with Crippen molar-refractivity contribution in [3.8, 4) is 22.3 Å². The molecule has 0 saturated carbocycles. The van der Waals surface area contributed by atoms with Crippen LogP contribution in [0.4, 0.5) is 28.4 Å². The lowest BCUT2D eigenvalue weighted by Crippen LogP contribution is -2.36. The van der Waals surface area contributed by atoms with Gasteiger partial charge in [0.25, 0.3) is 0 Å². The first kappa shape index (κ1) is 59.2. The Labute approximate surface area is 584 Å². The number of fused-ring (bicyclic) bond motifs is 14. The lowest BCUT2D eigenvalue weighted by Gasteiger charge is -2.38. The van der Waals surface area contributed by atoms with Crippen molar-refractivity contribution in [3.05, 3.63) is 426 Å². The zero-order valence-electron chi connectivity index (χ0n) is 54.2. The summed E-state index contributed by atoms with van der Waals surface area (Å²) in [5, 5.41) is 13.4. The van der Waals surface area contributed by atoms with Gasteiger partial charge >= 0.3 is 0 Å². The lowest BCUT2D eigenvalue weighted by atomic mass is 9.80. The van der Waals surface area contributed by atoms with E-state index in [0.29, 0.717) is 0 Å². The molecule has 468 valence electrons. The van der Waals surface area contributed by atoms with Crippen LogP contribution in [0.5, 0.6) is 0 Å². The summed E-state index contributed by atoms with van der Waals surface area (Å²) in [7, 11) is 0. The molecule has 20 rings (SSSR count). The summed E-state index contributed by atoms with van der Waals surface area (Å²) in [5.74, 6) is 0. The van der Waals surface area contributed by atoms with Crippen LogP contribution >= 0.6 is 15.9 Å². The first-order valence-electron chi connectivity index (χ1n) is 33.9. The van der Waals surface area contributed by atoms with Gasteiger partial charge in [-0.25, -0.2) is 0 Å². The molecule has 0 unspecified atom stereocenters. The predicted octanol–water partition coefficient (Wildman–Crippen LogP) is 25.2. The molecule has 99 heavy (non-hydrogen) atoms. The Bertz CT molecular complexity index is 5950. The van der Waals surface area contributed by atoms with Crippen LogP contribution in [0.2, 0.25) is 0 Å².